The number of hydrogen-bond donors (Lipinski definition) is 0. The van der Waals surface area contributed by atoms with Crippen LogP contribution >= 0.6 is 11.3 Å². The number of carbonyl (C=O) groups excluding carboxylic acids is 1. The summed E-state index contributed by atoms with van der Waals surface area (Å²) >= 11 is 1.64. The smallest absolute Gasteiger partial charge is 0.140 e. The first-order valence-corrected chi connectivity index (χ1v) is 6.68. The highest BCUT2D eigenvalue weighted by Crippen LogP contribution is 2.10. The predicted octanol–water partition coefficient (Wildman–Crippen LogP) is 3.31. The van der Waals surface area contributed by atoms with Crippen LogP contribution in [0.25, 0.3) is 0 Å². The van der Waals surface area contributed by atoms with Crippen LogP contribution in [0.3, 0.4) is 0 Å². The molecule has 0 atom stereocenters. The fourth-order valence-corrected chi connectivity index (χ4v) is 2.04. The molecule has 0 saturated heterocycles. The van der Waals surface area contributed by atoms with E-state index in [2.05, 4.69) is 13.8 Å². The van der Waals surface area contributed by atoms with Gasteiger partial charge in [0, 0.05) is 24.3 Å². The molecule has 0 unspecified atom stereocenters. The molecule has 0 aliphatic carbocycles. The summed E-state index contributed by atoms with van der Waals surface area (Å²) in [6.45, 7) is 5.68. The molecular weight excluding hydrogens is 220 g/mol. The fourth-order valence-electron chi connectivity index (χ4n) is 1.30. The molecule has 0 saturated carbocycles. The minimum Gasteiger partial charge on any atom is -0.381 e. The third-order valence-corrected chi connectivity index (χ3v) is 3.19. The number of ether oxygens (including phenoxy) is 1. The zero-order chi connectivity index (χ0) is 11.8. The van der Waals surface area contributed by atoms with Crippen LogP contribution in [0.2, 0.25) is 0 Å². The van der Waals surface area contributed by atoms with E-state index in [4.69, 9.17) is 4.74 Å². The molecule has 0 bridgehead atoms. The summed E-state index contributed by atoms with van der Waals surface area (Å²) in [5.41, 5.74) is 0. The van der Waals surface area contributed by atoms with Gasteiger partial charge in [-0.3, -0.25) is 4.79 Å². The first-order valence-electron chi connectivity index (χ1n) is 5.80. The Morgan fingerprint density at radius 3 is 2.88 bits per heavy atom. The van der Waals surface area contributed by atoms with E-state index >= 15 is 0 Å². The van der Waals surface area contributed by atoms with E-state index in [-0.39, 0.29) is 5.78 Å². The summed E-state index contributed by atoms with van der Waals surface area (Å²) in [4.78, 5) is 12.7. The Kier molecular flexibility index (Phi) is 6.34. The maximum Gasteiger partial charge on any atom is 0.140 e. The molecule has 1 aromatic rings. The van der Waals surface area contributed by atoms with Gasteiger partial charge in [-0.1, -0.05) is 19.9 Å². The van der Waals surface area contributed by atoms with E-state index in [0.717, 1.165) is 17.9 Å². The minimum atomic E-state index is 0.270. The number of ketones is 1. The lowest BCUT2D eigenvalue weighted by Crippen LogP contribution is -2.08. The van der Waals surface area contributed by atoms with Gasteiger partial charge in [-0.15, -0.1) is 11.3 Å². The predicted molar refractivity (Wildman–Crippen MR) is 67.9 cm³/mol. The summed E-state index contributed by atoms with van der Waals surface area (Å²) < 4.78 is 5.42. The van der Waals surface area contributed by atoms with Crippen LogP contribution in [0.1, 0.15) is 31.6 Å². The molecule has 2 nitrogen and oxygen atoms in total. The first kappa shape index (κ1) is 13.4. The van der Waals surface area contributed by atoms with E-state index in [1.54, 1.807) is 11.3 Å². The van der Waals surface area contributed by atoms with Crippen molar-refractivity contribution in [3.8, 4) is 0 Å². The summed E-state index contributed by atoms with van der Waals surface area (Å²) in [5, 5.41) is 2.00. The quantitative estimate of drug-likeness (QED) is 0.652. The molecule has 90 valence electrons. The van der Waals surface area contributed by atoms with E-state index in [9.17, 15) is 4.79 Å². The lowest BCUT2D eigenvalue weighted by molar-refractivity contribution is -0.119. The topological polar surface area (TPSA) is 26.3 Å². The maximum absolute atomic E-state index is 11.5. The third kappa shape index (κ3) is 6.03. The molecule has 0 aromatic carbocycles. The average Bonchev–Trinajstić information content (AvgIpc) is 2.69. The zero-order valence-electron chi connectivity index (χ0n) is 10.1. The number of carbonyl (C=O) groups is 1. The normalized spacial score (nSPS) is 10.9. The second kappa shape index (κ2) is 7.58. The van der Waals surface area contributed by atoms with Gasteiger partial charge in [0.25, 0.3) is 0 Å². The molecule has 0 fully saturated rings. The molecule has 1 rings (SSSR count). The van der Waals surface area contributed by atoms with E-state index in [0.29, 0.717) is 25.4 Å². The Balaban J connectivity index is 2.03. The summed E-state index contributed by atoms with van der Waals surface area (Å²) in [6, 6.07) is 3.98. The van der Waals surface area contributed by atoms with Gasteiger partial charge in [0.2, 0.25) is 0 Å². The monoisotopic (exact) mass is 240 g/mol. The molecule has 3 heteroatoms. The Morgan fingerprint density at radius 1 is 1.44 bits per heavy atom. The summed E-state index contributed by atoms with van der Waals surface area (Å²) in [5.74, 6) is 0.939. The fraction of sp³-hybridized carbons (Fsp3) is 0.615. The minimum absolute atomic E-state index is 0.270. The van der Waals surface area contributed by atoms with Crippen molar-refractivity contribution >= 4 is 17.1 Å². The molecule has 1 heterocycles. The maximum atomic E-state index is 11.5. The molecule has 0 amide bonds. The Hall–Kier alpha value is -0.670. The Bertz CT molecular complexity index is 291. The lowest BCUT2D eigenvalue weighted by atomic mass is 10.1. The first-order chi connectivity index (χ1) is 7.68. The van der Waals surface area contributed by atoms with Crippen molar-refractivity contribution in [2.45, 2.75) is 33.1 Å². The molecular formula is C13H20O2S. The van der Waals surface area contributed by atoms with Gasteiger partial charge in [0.1, 0.15) is 5.78 Å². The van der Waals surface area contributed by atoms with E-state index in [1.165, 1.54) is 0 Å². The largest absolute Gasteiger partial charge is 0.381 e. The van der Waals surface area contributed by atoms with Crippen LogP contribution in [0.15, 0.2) is 17.5 Å². The number of rotatable bonds is 8. The number of hydrogen-bond acceptors (Lipinski definition) is 3. The van der Waals surface area contributed by atoms with Gasteiger partial charge in [-0.05, 0) is 23.8 Å². The van der Waals surface area contributed by atoms with Crippen LogP contribution in [0.5, 0.6) is 0 Å². The van der Waals surface area contributed by atoms with Gasteiger partial charge >= 0.3 is 0 Å². The van der Waals surface area contributed by atoms with Crippen molar-refractivity contribution in [2.24, 2.45) is 5.92 Å². The van der Waals surface area contributed by atoms with Crippen LogP contribution in [0.4, 0.5) is 0 Å². The van der Waals surface area contributed by atoms with Gasteiger partial charge in [-0.2, -0.15) is 0 Å². The van der Waals surface area contributed by atoms with E-state index < -0.39 is 0 Å². The van der Waals surface area contributed by atoms with Crippen LogP contribution in [-0.2, 0) is 16.0 Å². The Labute approximate surface area is 102 Å². The zero-order valence-corrected chi connectivity index (χ0v) is 10.9. The Morgan fingerprint density at radius 2 is 2.25 bits per heavy atom. The van der Waals surface area contributed by atoms with Gasteiger partial charge in [0.05, 0.1) is 6.61 Å². The van der Waals surface area contributed by atoms with Crippen molar-refractivity contribution in [1.29, 1.82) is 0 Å². The van der Waals surface area contributed by atoms with E-state index in [1.807, 2.05) is 17.5 Å². The second-order valence-corrected chi connectivity index (χ2v) is 5.37. The van der Waals surface area contributed by atoms with Crippen LogP contribution in [-0.4, -0.2) is 19.0 Å². The van der Waals surface area contributed by atoms with Gasteiger partial charge in [0.15, 0.2) is 0 Å². The second-order valence-electron chi connectivity index (χ2n) is 4.34. The SMILES string of the molecule is CC(C)CCOCCC(=O)Cc1cccs1. The number of Topliss-reactive ketones (excluding diaryl/α,β-unsaturated/α-hetero) is 1. The standard InChI is InChI=1S/C13H20O2S/c1-11(2)5-7-15-8-6-12(14)10-13-4-3-9-16-13/h3-4,9,11H,5-8,10H2,1-2H3. The van der Waals surface area contributed by atoms with Gasteiger partial charge in [-0.25, -0.2) is 0 Å². The molecule has 0 N–H and O–H groups in total. The van der Waals surface area contributed by atoms with Crippen molar-refractivity contribution < 1.29 is 9.53 Å². The van der Waals surface area contributed by atoms with Crippen molar-refractivity contribution in [2.75, 3.05) is 13.2 Å². The molecule has 0 radical (unpaired) electrons. The molecule has 1 aromatic heterocycles. The van der Waals surface area contributed by atoms with Crippen molar-refractivity contribution in [3.05, 3.63) is 22.4 Å². The van der Waals surface area contributed by atoms with Crippen LogP contribution in [0, 0.1) is 5.92 Å². The van der Waals surface area contributed by atoms with Crippen molar-refractivity contribution in [1.82, 2.24) is 0 Å². The molecule has 0 aliphatic rings. The third-order valence-electron chi connectivity index (χ3n) is 2.32. The summed E-state index contributed by atoms with van der Waals surface area (Å²) in [7, 11) is 0. The average molecular weight is 240 g/mol. The molecule has 0 spiro atoms. The van der Waals surface area contributed by atoms with Gasteiger partial charge < -0.3 is 4.74 Å². The molecule has 16 heavy (non-hydrogen) atoms. The highest BCUT2D eigenvalue weighted by molar-refractivity contribution is 7.10. The lowest BCUT2D eigenvalue weighted by Gasteiger charge is -2.05. The molecule has 0 aliphatic heterocycles. The number of thiophene rings is 1. The van der Waals surface area contributed by atoms with Crippen molar-refractivity contribution in [3.63, 3.8) is 0 Å². The summed E-state index contributed by atoms with van der Waals surface area (Å²) in [6.07, 6.45) is 2.17. The van der Waals surface area contributed by atoms with Crippen LogP contribution < -0.4 is 0 Å². The highest BCUT2D eigenvalue weighted by Gasteiger charge is 2.04. The highest BCUT2D eigenvalue weighted by atomic mass is 32.1.